The summed E-state index contributed by atoms with van der Waals surface area (Å²) in [6, 6.07) is 7.10. The maximum atomic E-state index is 11.5. The number of hydrogen-bond acceptors (Lipinski definition) is 6. The van der Waals surface area contributed by atoms with Crippen molar-refractivity contribution in [2.24, 2.45) is 10.2 Å². The van der Waals surface area contributed by atoms with Gasteiger partial charge in [0.05, 0.1) is 0 Å². The number of phenols is 1. The Morgan fingerprint density at radius 3 is 2.57 bits per heavy atom. The molecule has 1 aliphatic carbocycles. The number of rotatable bonds is 3. The largest absolute Gasteiger partial charge is 0.505 e. The zero-order chi connectivity index (χ0) is 19.7. The van der Waals surface area contributed by atoms with Gasteiger partial charge >= 0.3 is 5.97 Å². The van der Waals surface area contributed by atoms with Crippen LogP contribution >= 0.6 is 11.6 Å². The average molecular weight is 445 g/mol. The molecule has 3 rings (SSSR count). The number of carboxylic acid groups (broad SMARTS) is 1. The maximum Gasteiger partial charge on any atom is 0.339 e. The van der Waals surface area contributed by atoms with E-state index in [4.69, 9.17) is 11.6 Å². The van der Waals surface area contributed by atoms with Crippen LogP contribution in [0.15, 0.2) is 63.3 Å². The van der Waals surface area contributed by atoms with Crippen LogP contribution in [-0.4, -0.2) is 73.2 Å². The second kappa shape index (κ2) is 9.19. The summed E-state index contributed by atoms with van der Waals surface area (Å²) in [6.07, 6.45) is 2.81. The number of benzene rings is 2. The molecule has 2 aromatic carbocycles. The van der Waals surface area contributed by atoms with E-state index in [0.717, 1.165) is 0 Å². The summed E-state index contributed by atoms with van der Waals surface area (Å²) in [5.41, 5.74) is 0.188. The molecule has 140 valence electrons. The van der Waals surface area contributed by atoms with Crippen LogP contribution in [0.25, 0.3) is 10.8 Å². The molecule has 2 aromatic rings. The first kappa shape index (κ1) is 22.6. The van der Waals surface area contributed by atoms with Gasteiger partial charge in [0.25, 0.3) is 0 Å². The summed E-state index contributed by atoms with van der Waals surface area (Å²) >= 11 is 6.06. The molecule has 0 fully saturated rings. The Bertz CT molecular complexity index is 1190. The van der Waals surface area contributed by atoms with Crippen molar-refractivity contribution in [3.05, 3.63) is 58.7 Å². The van der Waals surface area contributed by atoms with E-state index >= 15 is 0 Å². The van der Waals surface area contributed by atoms with Crippen molar-refractivity contribution in [2.75, 3.05) is 0 Å². The van der Waals surface area contributed by atoms with Gasteiger partial charge in [0.15, 0.2) is 5.75 Å². The van der Waals surface area contributed by atoms with Gasteiger partial charge < -0.3 is 10.2 Å². The van der Waals surface area contributed by atoms with Gasteiger partial charge in [-0.15, -0.1) is 0 Å². The minimum atomic E-state index is -2.54. The third-order valence-corrected chi connectivity index (χ3v) is 5.20. The van der Waals surface area contributed by atoms with E-state index in [1.54, 1.807) is 31.2 Å². The second-order valence-electron chi connectivity index (χ2n) is 5.79. The Kier molecular flexibility index (Phi) is 7.41. The van der Waals surface area contributed by atoms with Crippen molar-refractivity contribution in [3.63, 3.8) is 0 Å². The minimum Gasteiger partial charge on any atom is -0.505 e. The van der Waals surface area contributed by atoms with Gasteiger partial charge in [-0.25, -0.2) is 4.79 Å². The molecule has 1 atom stereocenters. The molecule has 0 heterocycles. The average Bonchev–Trinajstić information content (AvgIpc) is 2.62. The summed E-state index contributed by atoms with van der Waals surface area (Å²) in [5, 5.41) is 29.0. The molecule has 0 saturated carbocycles. The van der Waals surface area contributed by atoms with Crippen LogP contribution in [-0.2, 0) is 10.3 Å². The fourth-order valence-corrected chi connectivity index (χ4v) is 3.42. The SMILES string of the molecule is CC1=CC(=S(=O)=O)C(N=Nc2c(O)c(C(=O)O)cc3ccccc23)C=C1Cl.[Ca]. The van der Waals surface area contributed by atoms with Gasteiger partial charge in [-0.2, -0.15) is 18.6 Å². The van der Waals surface area contributed by atoms with Crippen LogP contribution in [0.4, 0.5) is 5.69 Å². The number of azo groups is 1. The predicted octanol–water partition coefficient (Wildman–Crippen LogP) is 3.45. The van der Waals surface area contributed by atoms with Gasteiger partial charge in [-0.1, -0.05) is 35.9 Å². The number of aromatic hydroxyl groups is 1. The molecular weight excluding hydrogens is 432 g/mol. The molecule has 0 aliphatic heterocycles. The van der Waals surface area contributed by atoms with E-state index in [1.165, 1.54) is 18.2 Å². The molecular formula is C18H13CaClN2O5S. The third-order valence-electron chi connectivity index (χ3n) is 4.03. The molecule has 0 spiro atoms. The Morgan fingerprint density at radius 1 is 1.25 bits per heavy atom. The second-order valence-corrected chi connectivity index (χ2v) is 7.13. The number of allylic oxidation sites excluding steroid dienone is 2. The van der Waals surface area contributed by atoms with E-state index in [0.29, 0.717) is 21.4 Å². The molecule has 28 heavy (non-hydrogen) atoms. The molecule has 0 amide bonds. The van der Waals surface area contributed by atoms with Gasteiger partial charge in [0.1, 0.15) is 22.2 Å². The summed E-state index contributed by atoms with van der Waals surface area (Å²) < 4.78 is 22.9. The van der Waals surface area contributed by atoms with Gasteiger partial charge in [-0.3, -0.25) is 0 Å². The van der Waals surface area contributed by atoms with Crippen LogP contribution in [0.5, 0.6) is 5.75 Å². The fourth-order valence-electron chi connectivity index (χ4n) is 2.66. The summed E-state index contributed by atoms with van der Waals surface area (Å²) in [5.74, 6) is -1.87. The molecule has 2 radical (unpaired) electrons. The Labute approximate surface area is 196 Å². The molecule has 1 aliphatic rings. The zero-order valence-corrected chi connectivity index (χ0v) is 18.4. The number of halogens is 1. The number of carboxylic acids is 1. The molecule has 0 aromatic heterocycles. The number of aromatic carboxylic acids is 1. The van der Waals surface area contributed by atoms with Crippen molar-refractivity contribution >= 4 is 86.9 Å². The van der Waals surface area contributed by atoms with Gasteiger partial charge in [0, 0.05) is 48.2 Å². The van der Waals surface area contributed by atoms with E-state index in [9.17, 15) is 23.4 Å². The zero-order valence-electron chi connectivity index (χ0n) is 14.6. The van der Waals surface area contributed by atoms with Crippen LogP contribution in [0.3, 0.4) is 0 Å². The van der Waals surface area contributed by atoms with Crippen LogP contribution in [0.2, 0.25) is 0 Å². The van der Waals surface area contributed by atoms with Crippen LogP contribution < -0.4 is 0 Å². The number of hydrogen-bond donors (Lipinski definition) is 2. The molecule has 2 N–H and O–H groups in total. The van der Waals surface area contributed by atoms with Crippen molar-refractivity contribution in [1.82, 2.24) is 0 Å². The summed E-state index contributed by atoms with van der Waals surface area (Å²) in [4.78, 5) is 11.4. The number of fused-ring (bicyclic) bond motifs is 1. The first-order valence-electron chi connectivity index (χ1n) is 7.70. The van der Waals surface area contributed by atoms with Gasteiger partial charge in [-0.05, 0) is 36.1 Å². The van der Waals surface area contributed by atoms with Crippen LogP contribution in [0.1, 0.15) is 17.3 Å². The molecule has 0 bridgehead atoms. The van der Waals surface area contributed by atoms with Crippen molar-refractivity contribution in [3.8, 4) is 5.75 Å². The van der Waals surface area contributed by atoms with Crippen molar-refractivity contribution < 1.29 is 23.4 Å². The Hall–Kier alpha value is -1.71. The van der Waals surface area contributed by atoms with Crippen molar-refractivity contribution in [2.45, 2.75) is 13.0 Å². The quantitative estimate of drug-likeness (QED) is 0.427. The minimum absolute atomic E-state index is 0. The molecule has 7 nitrogen and oxygen atoms in total. The smallest absolute Gasteiger partial charge is 0.339 e. The first-order valence-corrected chi connectivity index (χ1v) is 9.16. The van der Waals surface area contributed by atoms with E-state index in [2.05, 4.69) is 10.2 Å². The monoisotopic (exact) mass is 444 g/mol. The standard InChI is InChI=1S/C18H13ClN2O5S.Ca/c1-9-6-15(27(25)26)14(8-13(9)19)20-21-16-11-5-3-2-4-10(11)7-12(17(16)22)18(23)24;/h2-8,14,22H,1H3,(H,23,24);. The Morgan fingerprint density at radius 2 is 1.93 bits per heavy atom. The maximum absolute atomic E-state index is 11.5. The summed E-state index contributed by atoms with van der Waals surface area (Å²) in [7, 11) is -2.54. The normalized spacial score (nSPS) is 16.5. The summed E-state index contributed by atoms with van der Waals surface area (Å²) in [6.45, 7) is 1.66. The van der Waals surface area contributed by atoms with Crippen LogP contribution in [0, 0.1) is 0 Å². The fraction of sp³-hybridized carbons (Fsp3) is 0.111. The van der Waals surface area contributed by atoms with E-state index < -0.39 is 28.1 Å². The number of nitrogens with zero attached hydrogens (tertiary/aromatic N) is 2. The first-order chi connectivity index (χ1) is 12.8. The molecule has 1 unspecified atom stereocenters. The molecule has 0 saturated heterocycles. The topological polar surface area (TPSA) is 116 Å². The Balaban J connectivity index is 0.00000280. The predicted molar refractivity (Wildman–Crippen MR) is 108 cm³/mol. The van der Waals surface area contributed by atoms with Crippen molar-refractivity contribution in [1.29, 1.82) is 0 Å². The number of carbonyl (C=O) groups is 1. The van der Waals surface area contributed by atoms with Gasteiger partial charge in [0.2, 0.25) is 10.3 Å². The van der Waals surface area contributed by atoms with E-state index in [-0.39, 0.29) is 53.9 Å². The molecule has 10 heteroatoms. The van der Waals surface area contributed by atoms with E-state index in [1.807, 2.05) is 0 Å². The third kappa shape index (κ3) is 4.47.